The van der Waals surface area contributed by atoms with Gasteiger partial charge in [-0.2, -0.15) is 8.78 Å². The molecule has 0 atom stereocenters. The van der Waals surface area contributed by atoms with Crippen LogP contribution >= 0.6 is 0 Å². The van der Waals surface area contributed by atoms with Gasteiger partial charge in [0.1, 0.15) is 11.5 Å². The van der Waals surface area contributed by atoms with Crippen LogP contribution in [0.5, 0.6) is 11.5 Å². The Balaban J connectivity index is 1.68. The Morgan fingerprint density at radius 2 is 1.93 bits per heavy atom. The summed E-state index contributed by atoms with van der Waals surface area (Å²) >= 11 is 0. The molecule has 29 heavy (non-hydrogen) atoms. The van der Waals surface area contributed by atoms with Crippen LogP contribution in [0.15, 0.2) is 58.1 Å². The lowest BCUT2D eigenvalue weighted by Gasteiger charge is -2.11. The number of ether oxygens (including phenoxy) is 2. The predicted molar refractivity (Wildman–Crippen MR) is 102 cm³/mol. The molecule has 0 unspecified atom stereocenters. The van der Waals surface area contributed by atoms with Crippen molar-refractivity contribution in [1.29, 1.82) is 0 Å². The minimum absolute atomic E-state index is 0.0383. The molecule has 0 amide bonds. The van der Waals surface area contributed by atoms with Crippen molar-refractivity contribution in [3.05, 3.63) is 65.5 Å². The highest BCUT2D eigenvalue weighted by molar-refractivity contribution is 5.97. The third-order valence-electron chi connectivity index (χ3n) is 3.95. The van der Waals surface area contributed by atoms with E-state index in [0.717, 1.165) is 5.56 Å². The first-order valence-electron chi connectivity index (χ1n) is 8.58. The highest BCUT2D eigenvalue weighted by Crippen LogP contribution is 2.29. The Hall–Kier alpha value is -3.62. The van der Waals surface area contributed by atoms with Crippen molar-refractivity contribution in [3.8, 4) is 23.0 Å². The first-order chi connectivity index (χ1) is 14.0. The van der Waals surface area contributed by atoms with E-state index in [0.29, 0.717) is 22.9 Å². The number of rotatable bonds is 8. The van der Waals surface area contributed by atoms with Crippen LogP contribution in [0.4, 0.5) is 8.78 Å². The molecule has 1 aromatic heterocycles. The Kier molecular flexibility index (Phi) is 6.28. The average molecular weight is 403 g/mol. The summed E-state index contributed by atoms with van der Waals surface area (Å²) in [6, 6.07) is 13.7. The molecule has 7 nitrogen and oxygen atoms in total. The van der Waals surface area contributed by atoms with Crippen molar-refractivity contribution >= 4 is 5.84 Å². The number of nitrogens with two attached hydrogens (primary N) is 1. The minimum Gasteiger partial charge on any atom is -0.493 e. The molecular weight excluding hydrogens is 384 g/mol. The van der Waals surface area contributed by atoms with E-state index in [1.807, 2.05) is 30.3 Å². The SMILES string of the molecule is COc1cc(/C(N)=N/OCc2nc(-c3ccccc3)oc2C)ccc1OC(F)F. The predicted octanol–water partition coefficient (Wildman–Crippen LogP) is 4.10. The maximum atomic E-state index is 12.4. The van der Waals surface area contributed by atoms with E-state index in [-0.39, 0.29) is 23.9 Å². The summed E-state index contributed by atoms with van der Waals surface area (Å²) in [6.45, 7) is -1.14. The van der Waals surface area contributed by atoms with Crippen LogP contribution in [0.1, 0.15) is 17.0 Å². The fourth-order valence-electron chi connectivity index (χ4n) is 2.50. The topological polar surface area (TPSA) is 92.1 Å². The molecule has 0 aliphatic carbocycles. The van der Waals surface area contributed by atoms with E-state index >= 15 is 0 Å². The van der Waals surface area contributed by atoms with Gasteiger partial charge in [0.15, 0.2) is 23.9 Å². The van der Waals surface area contributed by atoms with Crippen LogP contribution in [-0.2, 0) is 11.4 Å². The summed E-state index contributed by atoms with van der Waals surface area (Å²) in [6.07, 6.45) is 0. The number of amidine groups is 1. The van der Waals surface area contributed by atoms with Crippen LogP contribution in [0.3, 0.4) is 0 Å². The monoisotopic (exact) mass is 403 g/mol. The van der Waals surface area contributed by atoms with E-state index in [1.54, 1.807) is 6.92 Å². The van der Waals surface area contributed by atoms with Crippen LogP contribution < -0.4 is 15.2 Å². The number of oxime groups is 1. The van der Waals surface area contributed by atoms with E-state index in [1.165, 1.54) is 25.3 Å². The molecule has 0 radical (unpaired) electrons. The fraction of sp³-hybridized carbons (Fsp3) is 0.200. The molecule has 0 saturated carbocycles. The van der Waals surface area contributed by atoms with Crippen LogP contribution in [0.2, 0.25) is 0 Å². The lowest BCUT2D eigenvalue weighted by Crippen LogP contribution is -2.14. The molecule has 3 aromatic rings. The molecule has 152 valence electrons. The molecule has 0 fully saturated rings. The molecule has 0 saturated heterocycles. The van der Waals surface area contributed by atoms with E-state index in [9.17, 15) is 8.78 Å². The van der Waals surface area contributed by atoms with Gasteiger partial charge in [-0.15, -0.1) is 0 Å². The summed E-state index contributed by atoms with van der Waals surface area (Å²) in [7, 11) is 1.33. The summed E-state index contributed by atoms with van der Waals surface area (Å²) in [4.78, 5) is 9.69. The van der Waals surface area contributed by atoms with Gasteiger partial charge in [-0.1, -0.05) is 23.4 Å². The lowest BCUT2D eigenvalue weighted by molar-refractivity contribution is -0.0512. The van der Waals surface area contributed by atoms with Crippen molar-refractivity contribution in [2.75, 3.05) is 7.11 Å². The largest absolute Gasteiger partial charge is 0.493 e. The number of methoxy groups -OCH3 is 1. The molecule has 2 aromatic carbocycles. The Labute approximate surface area is 165 Å². The second kappa shape index (κ2) is 9.05. The fourth-order valence-corrected chi connectivity index (χ4v) is 2.50. The van der Waals surface area contributed by atoms with Gasteiger partial charge < -0.3 is 24.5 Å². The van der Waals surface area contributed by atoms with E-state index < -0.39 is 6.61 Å². The van der Waals surface area contributed by atoms with Gasteiger partial charge in [-0.3, -0.25) is 0 Å². The zero-order valence-corrected chi connectivity index (χ0v) is 15.8. The minimum atomic E-state index is -2.96. The molecule has 0 bridgehead atoms. The van der Waals surface area contributed by atoms with Gasteiger partial charge in [0.25, 0.3) is 0 Å². The van der Waals surface area contributed by atoms with Gasteiger partial charge in [0.05, 0.1) is 7.11 Å². The van der Waals surface area contributed by atoms with Gasteiger partial charge in [0.2, 0.25) is 5.89 Å². The number of alkyl halides is 2. The first kappa shape index (κ1) is 20.1. The van der Waals surface area contributed by atoms with Gasteiger partial charge >= 0.3 is 6.61 Å². The van der Waals surface area contributed by atoms with Crippen molar-refractivity contribution in [3.63, 3.8) is 0 Å². The van der Waals surface area contributed by atoms with Crippen LogP contribution in [0.25, 0.3) is 11.5 Å². The Morgan fingerprint density at radius 1 is 1.17 bits per heavy atom. The molecule has 0 aliphatic rings. The van der Waals surface area contributed by atoms with Crippen molar-refractivity contribution in [2.24, 2.45) is 10.9 Å². The standard InChI is InChI=1S/C20H19F2N3O4/c1-12-15(24-19(28-12)13-6-4-3-5-7-13)11-27-25-18(23)14-8-9-16(29-20(21)22)17(10-14)26-2/h3-10,20H,11H2,1-2H3,(H2,23,25). The zero-order chi connectivity index (χ0) is 20.8. The molecule has 9 heteroatoms. The number of hydrogen-bond acceptors (Lipinski definition) is 6. The Bertz CT molecular complexity index is 991. The smallest absolute Gasteiger partial charge is 0.387 e. The summed E-state index contributed by atoms with van der Waals surface area (Å²) < 4.78 is 39.9. The molecular formula is C20H19F2N3O4. The second-order valence-electron chi connectivity index (χ2n) is 5.88. The van der Waals surface area contributed by atoms with E-state index in [2.05, 4.69) is 14.9 Å². The highest BCUT2D eigenvalue weighted by atomic mass is 19.3. The number of aryl methyl sites for hydroxylation is 1. The molecule has 3 rings (SSSR count). The average Bonchev–Trinajstić information content (AvgIpc) is 3.09. The van der Waals surface area contributed by atoms with Crippen molar-refractivity contribution in [2.45, 2.75) is 20.1 Å². The maximum Gasteiger partial charge on any atom is 0.387 e. The number of halogens is 2. The van der Waals surface area contributed by atoms with Gasteiger partial charge in [-0.25, -0.2) is 4.98 Å². The lowest BCUT2D eigenvalue weighted by atomic mass is 10.2. The number of hydrogen-bond donors (Lipinski definition) is 1. The van der Waals surface area contributed by atoms with Crippen LogP contribution in [0, 0.1) is 6.92 Å². The quantitative estimate of drug-likeness (QED) is 0.346. The van der Waals surface area contributed by atoms with Gasteiger partial charge in [-0.05, 0) is 37.3 Å². The first-order valence-corrected chi connectivity index (χ1v) is 8.58. The molecule has 0 aliphatic heterocycles. The van der Waals surface area contributed by atoms with Crippen LogP contribution in [-0.4, -0.2) is 24.5 Å². The van der Waals surface area contributed by atoms with Crippen molar-refractivity contribution < 1.29 is 27.5 Å². The maximum absolute atomic E-state index is 12.4. The summed E-state index contributed by atoms with van der Waals surface area (Å²) in [5.41, 5.74) is 7.76. The van der Waals surface area contributed by atoms with Gasteiger partial charge in [0, 0.05) is 11.1 Å². The van der Waals surface area contributed by atoms with E-state index in [4.69, 9.17) is 19.7 Å². The Morgan fingerprint density at radius 3 is 2.62 bits per heavy atom. The molecule has 2 N–H and O–H groups in total. The summed E-state index contributed by atoms with van der Waals surface area (Å²) in [5, 5.41) is 3.85. The zero-order valence-electron chi connectivity index (χ0n) is 15.8. The highest BCUT2D eigenvalue weighted by Gasteiger charge is 2.14. The number of aromatic nitrogens is 1. The third kappa shape index (κ3) is 5.01. The second-order valence-corrected chi connectivity index (χ2v) is 5.88. The number of oxazole rings is 1. The molecule has 1 heterocycles. The number of benzene rings is 2. The van der Waals surface area contributed by atoms with Crippen molar-refractivity contribution in [1.82, 2.24) is 4.98 Å². The number of nitrogens with zero attached hydrogens (tertiary/aromatic N) is 2. The third-order valence-corrected chi connectivity index (χ3v) is 3.95. The molecule has 0 spiro atoms. The summed E-state index contributed by atoms with van der Waals surface area (Å²) in [5.74, 6) is 1.12. The normalized spacial score (nSPS) is 11.6.